The SMILES string of the molecule is CCOc1ccc(NC(=S)N(Cc2cc3cc(C)c(CN(CC)CC)c(C)c3[nH]c2=O)C2(O)CCC2)cc1. The van der Waals surface area contributed by atoms with Gasteiger partial charge in [0.25, 0.3) is 5.56 Å². The van der Waals surface area contributed by atoms with Crippen molar-refractivity contribution in [3.05, 3.63) is 69.0 Å². The van der Waals surface area contributed by atoms with Crippen molar-refractivity contribution in [3.8, 4) is 5.75 Å². The van der Waals surface area contributed by atoms with Crippen LogP contribution >= 0.6 is 12.2 Å². The quantitative estimate of drug-likeness (QED) is 0.235. The van der Waals surface area contributed by atoms with E-state index in [2.05, 4.69) is 49.0 Å². The van der Waals surface area contributed by atoms with E-state index >= 15 is 0 Å². The summed E-state index contributed by atoms with van der Waals surface area (Å²) in [5.74, 6) is 0.784. The number of nitrogens with one attached hydrogen (secondary N) is 2. The average Bonchev–Trinajstić information content (AvgIpc) is 2.88. The van der Waals surface area contributed by atoms with Gasteiger partial charge in [0, 0.05) is 17.8 Å². The number of thiocarbonyl (C=S) groups is 1. The summed E-state index contributed by atoms with van der Waals surface area (Å²) in [6, 6.07) is 11.6. The standard InChI is InChI=1S/C30H40N4O3S/c1-6-33(7-2)19-26-20(4)16-22-17-23(28(35)32-27(22)21(26)5)18-34(30(36)14-9-15-30)29(38)31-24-10-12-25(13-11-24)37-8-3/h10-13,16-17,36H,6-9,14-15,18-19H2,1-5H3,(H,31,38)(H,32,35). The van der Waals surface area contributed by atoms with E-state index in [-0.39, 0.29) is 12.1 Å². The summed E-state index contributed by atoms with van der Waals surface area (Å²) in [7, 11) is 0. The number of rotatable bonds is 10. The lowest BCUT2D eigenvalue weighted by molar-refractivity contribution is -0.132. The second kappa shape index (κ2) is 11.8. The van der Waals surface area contributed by atoms with Crippen LogP contribution in [0.3, 0.4) is 0 Å². The minimum atomic E-state index is -1.07. The Bertz CT molecular complexity index is 1340. The third-order valence-corrected chi connectivity index (χ3v) is 8.07. The molecule has 0 unspecified atom stereocenters. The molecule has 8 heteroatoms. The third kappa shape index (κ3) is 5.87. The van der Waals surface area contributed by atoms with Gasteiger partial charge in [-0.15, -0.1) is 0 Å². The predicted octanol–water partition coefficient (Wildman–Crippen LogP) is 5.46. The summed E-state index contributed by atoms with van der Waals surface area (Å²) in [6.45, 7) is 14.1. The number of aromatic amines is 1. The lowest BCUT2D eigenvalue weighted by atomic mass is 9.86. The normalized spacial score (nSPS) is 14.4. The third-order valence-electron chi connectivity index (χ3n) is 7.75. The van der Waals surface area contributed by atoms with E-state index in [1.807, 2.05) is 37.3 Å². The highest BCUT2D eigenvalue weighted by atomic mass is 32.1. The minimum Gasteiger partial charge on any atom is -0.494 e. The Hall–Kier alpha value is -2.94. The molecule has 2 aromatic carbocycles. The highest BCUT2D eigenvalue weighted by molar-refractivity contribution is 7.80. The highest BCUT2D eigenvalue weighted by Gasteiger charge is 2.42. The molecular weight excluding hydrogens is 496 g/mol. The van der Waals surface area contributed by atoms with Crippen LogP contribution in [0.15, 0.2) is 41.2 Å². The molecule has 4 rings (SSSR count). The fourth-order valence-corrected chi connectivity index (χ4v) is 5.50. The van der Waals surface area contributed by atoms with Crippen LogP contribution in [0.2, 0.25) is 0 Å². The smallest absolute Gasteiger partial charge is 0.253 e. The number of hydrogen-bond acceptors (Lipinski definition) is 5. The molecular formula is C30H40N4O3S. The van der Waals surface area contributed by atoms with Gasteiger partial charge in [0.05, 0.1) is 18.7 Å². The molecule has 1 aliphatic carbocycles. The number of aromatic nitrogens is 1. The van der Waals surface area contributed by atoms with Crippen LogP contribution in [0.5, 0.6) is 5.75 Å². The van der Waals surface area contributed by atoms with Crippen molar-refractivity contribution in [2.75, 3.05) is 25.0 Å². The second-order valence-electron chi connectivity index (χ2n) is 10.2. The van der Waals surface area contributed by atoms with Crippen molar-refractivity contribution in [1.29, 1.82) is 0 Å². The number of nitrogens with zero attached hydrogens (tertiary/aromatic N) is 2. The first-order chi connectivity index (χ1) is 18.2. The van der Waals surface area contributed by atoms with E-state index in [1.165, 1.54) is 11.1 Å². The number of aryl methyl sites for hydroxylation is 2. The van der Waals surface area contributed by atoms with Crippen LogP contribution < -0.4 is 15.6 Å². The van der Waals surface area contributed by atoms with E-state index in [9.17, 15) is 9.90 Å². The molecule has 1 aliphatic rings. The van der Waals surface area contributed by atoms with Gasteiger partial charge in [0.2, 0.25) is 0 Å². The first-order valence-corrected chi connectivity index (χ1v) is 14.0. The molecule has 1 heterocycles. The topological polar surface area (TPSA) is 80.8 Å². The molecule has 3 N–H and O–H groups in total. The van der Waals surface area contributed by atoms with Gasteiger partial charge in [-0.1, -0.05) is 13.8 Å². The number of pyridine rings is 1. The summed E-state index contributed by atoms with van der Waals surface area (Å²) in [5.41, 5.74) is 4.59. The lowest BCUT2D eigenvalue weighted by Gasteiger charge is -2.47. The molecule has 0 spiro atoms. The van der Waals surface area contributed by atoms with Gasteiger partial charge >= 0.3 is 0 Å². The second-order valence-corrected chi connectivity index (χ2v) is 10.5. The van der Waals surface area contributed by atoms with Crippen molar-refractivity contribution in [2.24, 2.45) is 0 Å². The maximum atomic E-state index is 13.3. The highest BCUT2D eigenvalue weighted by Crippen LogP contribution is 2.37. The predicted molar refractivity (Wildman–Crippen MR) is 159 cm³/mol. The molecule has 204 valence electrons. The van der Waals surface area contributed by atoms with Crippen LogP contribution in [-0.2, 0) is 13.1 Å². The molecule has 0 atom stereocenters. The first kappa shape index (κ1) is 28.1. The summed E-state index contributed by atoms with van der Waals surface area (Å²) < 4.78 is 5.52. The van der Waals surface area contributed by atoms with Crippen LogP contribution in [0.4, 0.5) is 5.69 Å². The van der Waals surface area contributed by atoms with E-state index in [4.69, 9.17) is 17.0 Å². The van der Waals surface area contributed by atoms with E-state index in [1.54, 1.807) is 4.90 Å². The van der Waals surface area contributed by atoms with Gasteiger partial charge < -0.3 is 25.0 Å². The number of anilines is 1. The fraction of sp³-hybridized carbons (Fsp3) is 0.467. The van der Waals surface area contributed by atoms with E-state index < -0.39 is 5.72 Å². The number of benzene rings is 2. The van der Waals surface area contributed by atoms with Gasteiger partial charge in [-0.3, -0.25) is 9.69 Å². The summed E-state index contributed by atoms with van der Waals surface area (Å²) in [4.78, 5) is 20.6. The monoisotopic (exact) mass is 536 g/mol. The van der Waals surface area contributed by atoms with Crippen LogP contribution in [0, 0.1) is 13.8 Å². The van der Waals surface area contributed by atoms with Gasteiger partial charge in [0.15, 0.2) is 5.11 Å². The number of aliphatic hydroxyl groups is 1. The molecule has 0 saturated heterocycles. The maximum absolute atomic E-state index is 13.3. The molecule has 1 aromatic heterocycles. The average molecular weight is 537 g/mol. The zero-order valence-corrected chi connectivity index (χ0v) is 24.0. The Morgan fingerprint density at radius 1 is 1.11 bits per heavy atom. The molecule has 38 heavy (non-hydrogen) atoms. The molecule has 3 aromatic rings. The molecule has 0 bridgehead atoms. The van der Waals surface area contributed by atoms with Crippen molar-refractivity contribution in [3.63, 3.8) is 0 Å². The molecule has 0 amide bonds. The largest absolute Gasteiger partial charge is 0.494 e. The van der Waals surface area contributed by atoms with E-state index in [0.717, 1.165) is 54.0 Å². The van der Waals surface area contributed by atoms with Crippen molar-refractivity contribution >= 4 is 33.9 Å². The van der Waals surface area contributed by atoms with Crippen molar-refractivity contribution in [1.82, 2.24) is 14.8 Å². The number of fused-ring (bicyclic) bond motifs is 1. The maximum Gasteiger partial charge on any atom is 0.253 e. The van der Waals surface area contributed by atoms with Gasteiger partial charge in [0.1, 0.15) is 11.5 Å². The van der Waals surface area contributed by atoms with Crippen LogP contribution in [-0.4, -0.2) is 50.4 Å². The Balaban J connectivity index is 1.63. The van der Waals surface area contributed by atoms with Gasteiger partial charge in [-0.05, 0) is 124 Å². The summed E-state index contributed by atoms with van der Waals surface area (Å²) in [6.07, 6.45) is 2.13. The molecule has 1 saturated carbocycles. The summed E-state index contributed by atoms with van der Waals surface area (Å²) in [5, 5.41) is 15.9. The molecule has 7 nitrogen and oxygen atoms in total. The molecule has 0 radical (unpaired) electrons. The van der Waals surface area contributed by atoms with Crippen molar-refractivity contribution < 1.29 is 9.84 Å². The Morgan fingerprint density at radius 2 is 1.79 bits per heavy atom. The molecule has 1 fully saturated rings. The van der Waals surface area contributed by atoms with Crippen LogP contribution in [0.25, 0.3) is 10.9 Å². The van der Waals surface area contributed by atoms with Crippen molar-refractivity contribution in [2.45, 2.75) is 72.7 Å². The Kier molecular flexibility index (Phi) is 8.75. The number of ether oxygens (including phenoxy) is 1. The van der Waals surface area contributed by atoms with E-state index in [0.29, 0.717) is 30.1 Å². The number of H-pyrrole nitrogens is 1. The first-order valence-electron chi connectivity index (χ1n) is 13.6. The zero-order valence-electron chi connectivity index (χ0n) is 23.2. The van der Waals surface area contributed by atoms with Crippen LogP contribution in [0.1, 0.15) is 62.3 Å². The number of hydrogen-bond donors (Lipinski definition) is 3. The Labute approximate surface area is 230 Å². The summed E-state index contributed by atoms with van der Waals surface area (Å²) >= 11 is 5.76. The lowest BCUT2D eigenvalue weighted by Crippen LogP contribution is -2.57. The van der Waals surface area contributed by atoms with Gasteiger partial charge in [-0.2, -0.15) is 0 Å². The molecule has 0 aliphatic heterocycles. The Morgan fingerprint density at radius 3 is 2.37 bits per heavy atom. The zero-order chi connectivity index (χ0) is 27.4. The van der Waals surface area contributed by atoms with Gasteiger partial charge in [-0.25, -0.2) is 0 Å². The minimum absolute atomic E-state index is 0.157. The fourth-order valence-electron chi connectivity index (χ4n) is 5.15.